The highest BCUT2D eigenvalue weighted by atomic mass is 19.1. The van der Waals surface area contributed by atoms with Crippen molar-refractivity contribution in [1.29, 1.82) is 0 Å². The normalized spacial score (nSPS) is 9.25. The monoisotopic (exact) mass is 165 g/mol. The van der Waals surface area contributed by atoms with Crippen molar-refractivity contribution in [3.05, 3.63) is 39.5 Å². The molecular weight excluding hydrogens is 157 g/mol. The number of rotatable bonds is 1. The first-order valence-corrected chi connectivity index (χ1v) is 3.47. The Labute approximate surface area is 69.5 Å². The molecule has 0 saturated carbocycles. The molecule has 0 saturated heterocycles. The smallest absolute Gasteiger partial charge is 0.126 e. The van der Waals surface area contributed by atoms with Crippen LogP contribution in [-0.4, -0.2) is 0 Å². The van der Waals surface area contributed by atoms with E-state index in [9.17, 15) is 4.39 Å². The molecule has 1 aromatic rings. The summed E-state index contributed by atoms with van der Waals surface area (Å²) in [5.74, 6) is -0.274. The van der Waals surface area contributed by atoms with Gasteiger partial charge in [-0.25, -0.2) is 4.39 Å². The van der Waals surface area contributed by atoms with Gasteiger partial charge in [0.2, 0.25) is 0 Å². The Morgan fingerprint density at radius 1 is 1.33 bits per heavy atom. The summed E-state index contributed by atoms with van der Waals surface area (Å²) < 4.78 is 12.9. The van der Waals surface area contributed by atoms with Gasteiger partial charge in [0.25, 0.3) is 0 Å². The van der Waals surface area contributed by atoms with E-state index >= 15 is 0 Å². The van der Waals surface area contributed by atoms with Crippen LogP contribution < -0.4 is 0 Å². The summed E-state index contributed by atoms with van der Waals surface area (Å²) in [7, 11) is 0. The van der Waals surface area contributed by atoms with Gasteiger partial charge in [-0.05, 0) is 42.6 Å². The van der Waals surface area contributed by atoms with E-state index in [1.54, 1.807) is 13.8 Å². The van der Waals surface area contributed by atoms with Gasteiger partial charge < -0.3 is 0 Å². The molecule has 0 heterocycles. The summed E-state index contributed by atoms with van der Waals surface area (Å²) in [6, 6.07) is 2.77. The Hall–Kier alpha value is -1.54. The van der Waals surface area contributed by atoms with Crippen LogP contribution in [0.2, 0.25) is 0 Å². The molecule has 0 fully saturated rings. The number of benzene rings is 1. The van der Waals surface area contributed by atoms with Crippen molar-refractivity contribution >= 4 is 5.69 Å². The average Bonchev–Trinajstić information content (AvgIpc) is 2.07. The standard InChI is InChI=1S/C8H8FN3/c1-5-6(2)8(11-12-10)4-3-7(5)9/h3-4H,1-2H3. The summed E-state index contributed by atoms with van der Waals surface area (Å²) >= 11 is 0. The molecule has 0 atom stereocenters. The van der Waals surface area contributed by atoms with Crippen molar-refractivity contribution in [1.82, 2.24) is 0 Å². The highest BCUT2D eigenvalue weighted by Crippen LogP contribution is 2.23. The third kappa shape index (κ3) is 1.38. The van der Waals surface area contributed by atoms with Gasteiger partial charge in [0.05, 0.1) is 0 Å². The van der Waals surface area contributed by atoms with Crippen molar-refractivity contribution in [2.75, 3.05) is 0 Å². The molecule has 0 aliphatic carbocycles. The SMILES string of the molecule is Cc1c(F)ccc(N=[N+]=[N-])c1C. The van der Waals surface area contributed by atoms with Crippen LogP contribution >= 0.6 is 0 Å². The van der Waals surface area contributed by atoms with Crippen molar-refractivity contribution in [2.24, 2.45) is 5.11 Å². The molecule has 0 amide bonds. The molecule has 0 aliphatic heterocycles. The summed E-state index contributed by atoms with van der Waals surface area (Å²) in [4.78, 5) is 2.64. The second kappa shape index (κ2) is 3.24. The average molecular weight is 165 g/mol. The highest BCUT2D eigenvalue weighted by Gasteiger charge is 2.03. The fourth-order valence-electron chi connectivity index (χ4n) is 0.930. The van der Waals surface area contributed by atoms with Crippen LogP contribution in [0.1, 0.15) is 11.1 Å². The minimum Gasteiger partial charge on any atom is -0.207 e. The first-order chi connectivity index (χ1) is 5.66. The molecule has 0 bridgehead atoms. The van der Waals surface area contributed by atoms with Crippen LogP contribution in [0.15, 0.2) is 17.2 Å². The van der Waals surface area contributed by atoms with E-state index < -0.39 is 0 Å². The van der Waals surface area contributed by atoms with Crippen LogP contribution in [0.5, 0.6) is 0 Å². The van der Waals surface area contributed by atoms with Gasteiger partial charge in [-0.2, -0.15) is 0 Å². The van der Waals surface area contributed by atoms with E-state index in [1.165, 1.54) is 12.1 Å². The lowest BCUT2D eigenvalue weighted by atomic mass is 10.1. The molecule has 0 aromatic heterocycles. The highest BCUT2D eigenvalue weighted by molar-refractivity contribution is 5.49. The van der Waals surface area contributed by atoms with E-state index in [0.717, 1.165) is 0 Å². The van der Waals surface area contributed by atoms with E-state index in [2.05, 4.69) is 10.0 Å². The zero-order valence-electron chi connectivity index (χ0n) is 6.87. The summed E-state index contributed by atoms with van der Waals surface area (Å²) in [5, 5.41) is 3.42. The van der Waals surface area contributed by atoms with E-state index in [4.69, 9.17) is 5.53 Å². The maximum atomic E-state index is 12.9. The maximum Gasteiger partial charge on any atom is 0.126 e. The fourth-order valence-corrected chi connectivity index (χ4v) is 0.930. The van der Waals surface area contributed by atoms with Crippen LogP contribution in [0.3, 0.4) is 0 Å². The van der Waals surface area contributed by atoms with Gasteiger partial charge in [0.1, 0.15) is 5.82 Å². The fraction of sp³-hybridized carbons (Fsp3) is 0.250. The van der Waals surface area contributed by atoms with Crippen LogP contribution in [0.4, 0.5) is 10.1 Å². The Kier molecular flexibility index (Phi) is 2.31. The number of halogens is 1. The Balaban J connectivity index is 3.35. The molecule has 1 rings (SSSR count). The summed E-state index contributed by atoms with van der Waals surface area (Å²) in [6.07, 6.45) is 0. The molecule has 0 spiro atoms. The Morgan fingerprint density at radius 3 is 2.58 bits per heavy atom. The summed E-state index contributed by atoms with van der Waals surface area (Å²) in [5.41, 5.74) is 9.87. The van der Waals surface area contributed by atoms with Crippen LogP contribution in [-0.2, 0) is 0 Å². The molecule has 62 valence electrons. The Bertz CT molecular complexity index is 354. The van der Waals surface area contributed by atoms with Gasteiger partial charge >= 0.3 is 0 Å². The molecule has 1 aromatic carbocycles. The zero-order chi connectivity index (χ0) is 9.14. The predicted octanol–water partition coefficient (Wildman–Crippen LogP) is 3.38. The maximum absolute atomic E-state index is 12.9. The lowest BCUT2D eigenvalue weighted by Gasteiger charge is -2.03. The lowest BCUT2D eigenvalue weighted by Crippen LogP contribution is -1.86. The first-order valence-electron chi connectivity index (χ1n) is 3.47. The van der Waals surface area contributed by atoms with Crippen LogP contribution in [0, 0.1) is 19.7 Å². The number of hydrogen-bond donors (Lipinski definition) is 0. The molecule has 0 unspecified atom stereocenters. The largest absolute Gasteiger partial charge is 0.207 e. The third-order valence-electron chi connectivity index (χ3n) is 1.84. The van der Waals surface area contributed by atoms with Crippen molar-refractivity contribution in [3.8, 4) is 0 Å². The summed E-state index contributed by atoms with van der Waals surface area (Å²) in [6.45, 7) is 3.38. The van der Waals surface area contributed by atoms with Gasteiger partial charge in [-0.1, -0.05) is 5.11 Å². The molecule has 0 aliphatic rings. The van der Waals surface area contributed by atoms with Crippen LogP contribution in [0.25, 0.3) is 10.4 Å². The minimum absolute atomic E-state index is 0.274. The van der Waals surface area contributed by atoms with Gasteiger partial charge in [-0.3, -0.25) is 0 Å². The molecule has 4 heteroatoms. The lowest BCUT2D eigenvalue weighted by molar-refractivity contribution is 0.617. The quantitative estimate of drug-likeness (QED) is 0.348. The molecule has 0 radical (unpaired) electrons. The topological polar surface area (TPSA) is 48.8 Å². The van der Waals surface area contributed by atoms with Crippen molar-refractivity contribution in [2.45, 2.75) is 13.8 Å². The number of hydrogen-bond acceptors (Lipinski definition) is 1. The number of nitrogens with zero attached hydrogens (tertiary/aromatic N) is 3. The first kappa shape index (κ1) is 8.56. The van der Waals surface area contributed by atoms with Crippen molar-refractivity contribution in [3.63, 3.8) is 0 Å². The van der Waals surface area contributed by atoms with E-state index in [0.29, 0.717) is 16.8 Å². The molecule has 12 heavy (non-hydrogen) atoms. The van der Waals surface area contributed by atoms with Crippen molar-refractivity contribution < 1.29 is 4.39 Å². The minimum atomic E-state index is -0.274. The Morgan fingerprint density at radius 2 is 2.00 bits per heavy atom. The number of azide groups is 1. The van der Waals surface area contributed by atoms with E-state index in [1.807, 2.05) is 0 Å². The molecule has 3 nitrogen and oxygen atoms in total. The molecular formula is C8H8FN3. The van der Waals surface area contributed by atoms with E-state index in [-0.39, 0.29) is 5.82 Å². The zero-order valence-corrected chi connectivity index (χ0v) is 6.87. The van der Waals surface area contributed by atoms with Gasteiger partial charge in [0.15, 0.2) is 0 Å². The second-order valence-corrected chi connectivity index (χ2v) is 2.51. The van der Waals surface area contributed by atoms with Gasteiger partial charge in [-0.15, -0.1) is 0 Å². The molecule has 0 N–H and O–H groups in total. The third-order valence-corrected chi connectivity index (χ3v) is 1.84. The van der Waals surface area contributed by atoms with Gasteiger partial charge in [0, 0.05) is 10.6 Å². The predicted molar refractivity (Wildman–Crippen MR) is 44.7 cm³/mol. The second-order valence-electron chi connectivity index (χ2n) is 2.51.